The molecule has 16 N–H and O–H groups in total. The average Bonchev–Trinajstić information content (AvgIpc) is 3.81. The van der Waals surface area contributed by atoms with Crippen molar-refractivity contribution in [3.05, 3.63) is 29.8 Å². The molecule has 72 heavy (non-hydrogen) atoms. The van der Waals surface area contributed by atoms with E-state index in [0.717, 1.165) is 0 Å². The smallest absolute Gasteiger partial charge is 0.245 e. The molecule has 0 aliphatic carbocycles. The number of primary amides is 3. The number of amides is 12. The second-order valence-electron chi connectivity index (χ2n) is 18.6. The number of nitrogens with two attached hydrogens (primary N) is 3. The number of phenolic OH excluding ortho intramolecular Hbond substituents is 1. The van der Waals surface area contributed by atoms with Gasteiger partial charge in [0.25, 0.3) is 0 Å². The zero-order valence-corrected chi connectivity index (χ0v) is 41.5. The maximum absolute atomic E-state index is 14.2. The van der Waals surface area contributed by atoms with Gasteiger partial charge >= 0.3 is 0 Å². The summed E-state index contributed by atoms with van der Waals surface area (Å²) in [7, 11) is 0. The lowest BCUT2D eigenvalue weighted by Crippen LogP contribution is -2.64. The number of likely N-dealkylation sites (tertiary alicyclic amines) is 1. The van der Waals surface area contributed by atoms with Gasteiger partial charge in [-0.1, -0.05) is 46.2 Å². The largest absolute Gasteiger partial charge is 0.508 e. The second-order valence-corrected chi connectivity index (χ2v) is 18.6. The van der Waals surface area contributed by atoms with E-state index in [4.69, 9.17) is 17.2 Å². The molecule has 26 nitrogen and oxygen atoms in total. The Hall–Kier alpha value is -7.38. The van der Waals surface area contributed by atoms with Crippen LogP contribution in [0.1, 0.15) is 92.1 Å². The third kappa shape index (κ3) is 18.4. The lowest BCUT2D eigenvalue weighted by Gasteiger charge is -2.31. The zero-order chi connectivity index (χ0) is 54.0. The maximum Gasteiger partial charge on any atom is 0.245 e. The Morgan fingerprint density at radius 3 is 1.93 bits per heavy atom. The van der Waals surface area contributed by atoms with E-state index in [1.807, 2.05) is 13.8 Å². The predicted octanol–water partition coefficient (Wildman–Crippen LogP) is -4.83. The van der Waals surface area contributed by atoms with Crippen LogP contribution in [0.15, 0.2) is 24.3 Å². The fourth-order valence-electron chi connectivity index (χ4n) is 7.89. The van der Waals surface area contributed by atoms with Gasteiger partial charge in [0.1, 0.15) is 54.1 Å². The first-order valence-corrected chi connectivity index (χ1v) is 23.9. The van der Waals surface area contributed by atoms with Crippen molar-refractivity contribution in [3.8, 4) is 5.75 Å². The van der Waals surface area contributed by atoms with Crippen LogP contribution in [-0.4, -0.2) is 155 Å². The van der Waals surface area contributed by atoms with Crippen molar-refractivity contribution in [1.82, 2.24) is 52.8 Å². The first-order valence-electron chi connectivity index (χ1n) is 23.9. The summed E-state index contributed by atoms with van der Waals surface area (Å²) < 4.78 is 0. The van der Waals surface area contributed by atoms with Crippen LogP contribution in [0.2, 0.25) is 0 Å². The molecule has 0 spiro atoms. The van der Waals surface area contributed by atoms with E-state index in [-0.39, 0.29) is 44.0 Å². The van der Waals surface area contributed by atoms with Crippen LogP contribution < -0.4 is 65.1 Å². The van der Waals surface area contributed by atoms with Crippen molar-refractivity contribution in [1.29, 1.82) is 0 Å². The molecule has 26 heteroatoms. The number of benzene rings is 1. The topological polar surface area (TPSA) is 415 Å². The monoisotopic (exact) mass is 1010 g/mol. The highest BCUT2D eigenvalue weighted by molar-refractivity contribution is 6.00. The maximum atomic E-state index is 14.2. The van der Waals surface area contributed by atoms with E-state index in [2.05, 4.69) is 47.9 Å². The van der Waals surface area contributed by atoms with E-state index in [1.165, 1.54) is 36.1 Å². The highest BCUT2D eigenvalue weighted by Gasteiger charge is 2.40. The summed E-state index contributed by atoms with van der Waals surface area (Å²) in [5, 5.41) is 32.9. The predicted molar refractivity (Wildman–Crippen MR) is 257 cm³/mol. The molecule has 2 heterocycles. The number of hydrogen-bond donors (Lipinski definition) is 13. The Kier molecular flexibility index (Phi) is 22.8. The average molecular weight is 1010 g/mol. The number of nitrogens with one attached hydrogen (secondary N) is 9. The number of aromatic hydroxyl groups is 1. The molecule has 3 rings (SSSR count). The molecule has 2 aliphatic heterocycles. The van der Waals surface area contributed by atoms with Gasteiger partial charge in [-0.2, -0.15) is 0 Å². The first-order chi connectivity index (χ1) is 33.8. The SMILES string of the molecule is CC[C@H](C)[C@H](NC(=O)[C@H](Cc1ccc(O)cc1)NC(=O)[C@H]1CN[C@@H](C)C(=O)N1)C(=O)N[C@@H](CCC(N)=O)C(=O)N[C@@H](CC(N)=O)C(=O)N[C@@H](C)C(=O)N1CCC[C@H]1C(=O)N[C@@H](CC(C)C)C(=O)NCC(N)=O. The van der Waals surface area contributed by atoms with E-state index in [1.54, 1.807) is 20.8 Å². The van der Waals surface area contributed by atoms with Crippen LogP contribution in [0.25, 0.3) is 0 Å². The lowest BCUT2D eigenvalue weighted by molar-refractivity contribution is -0.142. The minimum absolute atomic E-state index is 0.0556. The van der Waals surface area contributed by atoms with Crippen molar-refractivity contribution in [2.45, 2.75) is 147 Å². The summed E-state index contributed by atoms with van der Waals surface area (Å²) in [5.74, 6) is -10.5. The van der Waals surface area contributed by atoms with Crippen molar-refractivity contribution in [2.75, 3.05) is 19.6 Å². The highest BCUT2D eigenvalue weighted by atomic mass is 16.3. The van der Waals surface area contributed by atoms with Gasteiger partial charge in [0.05, 0.1) is 19.0 Å². The van der Waals surface area contributed by atoms with Crippen LogP contribution in [-0.2, 0) is 64.0 Å². The molecule has 0 radical (unpaired) electrons. The van der Waals surface area contributed by atoms with Gasteiger partial charge in [-0.3, -0.25) is 57.5 Å². The third-order valence-corrected chi connectivity index (χ3v) is 12.2. The van der Waals surface area contributed by atoms with E-state index >= 15 is 0 Å². The Labute approximate surface area is 416 Å². The molecular weight excluding hydrogens is 943 g/mol. The van der Waals surface area contributed by atoms with Gasteiger partial charge in [-0.15, -0.1) is 0 Å². The van der Waals surface area contributed by atoms with Crippen LogP contribution in [0, 0.1) is 11.8 Å². The van der Waals surface area contributed by atoms with Gasteiger partial charge in [-0.25, -0.2) is 0 Å². The number of carbonyl (C=O) groups is 12. The fourth-order valence-corrected chi connectivity index (χ4v) is 7.89. The number of hydrogen-bond acceptors (Lipinski definition) is 14. The van der Waals surface area contributed by atoms with Crippen LogP contribution >= 0.6 is 0 Å². The summed E-state index contributed by atoms with van der Waals surface area (Å²) >= 11 is 0. The fraction of sp³-hybridized carbons (Fsp3) is 0.609. The molecule has 0 unspecified atom stereocenters. The third-order valence-electron chi connectivity index (χ3n) is 12.2. The van der Waals surface area contributed by atoms with Gasteiger partial charge in [0.2, 0.25) is 70.9 Å². The van der Waals surface area contributed by atoms with Crippen molar-refractivity contribution in [3.63, 3.8) is 0 Å². The summed E-state index contributed by atoms with van der Waals surface area (Å²) in [6.45, 7) is 9.61. The van der Waals surface area contributed by atoms with Gasteiger partial charge in [-0.05, 0) is 69.1 Å². The number of phenols is 1. The van der Waals surface area contributed by atoms with Gasteiger partial charge < -0.3 is 75.1 Å². The van der Waals surface area contributed by atoms with E-state index in [9.17, 15) is 62.6 Å². The Morgan fingerprint density at radius 1 is 0.736 bits per heavy atom. The molecule has 10 atom stereocenters. The second kappa shape index (κ2) is 27.9. The van der Waals surface area contributed by atoms with E-state index in [0.29, 0.717) is 18.4 Å². The lowest BCUT2D eigenvalue weighted by atomic mass is 9.96. The molecule has 12 amide bonds. The summed E-state index contributed by atoms with van der Waals surface area (Å²) in [5.41, 5.74) is 16.5. The summed E-state index contributed by atoms with van der Waals surface area (Å²) in [6, 6.07) is -5.34. The Balaban J connectivity index is 1.80. The zero-order valence-electron chi connectivity index (χ0n) is 41.5. The molecule has 0 bridgehead atoms. The molecule has 2 saturated heterocycles. The van der Waals surface area contributed by atoms with Gasteiger partial charge in [0, 0.05) is 25.9 Å². The summed E-state index contributed by atoms with van der Waals surface area (Å²) in [6.07, 6.45) is -0.682. The van der Waals surface area contributed by atoms with Crippen LogP contribution in [0.4, 0.5) is 0 Å². The van der Waals surface area contributed by atoms with Gasteiger partial charge in [0.15, 0.2) is 0 Å². The van der Waals surface area contributed by atoms with Crippen molar-refractivity contribution in [2.24, 2.45) is 29.0 Å². The molecule has 1 aromatic rings. The minimum atomic E-state index is -1.74. The molecule has 1 aromatic carbocycles. The normalized spacial score (nSPS) is 19.3. The number of carbonyl (C=O) groups excluding carboxylic acids is 12. The standard InChI is InChI=1S/C46H71N13O13/c1-7-23(4)37(58-42(68)30(18-26-10-12-27(60)13-11-26)54-43(69)32-20-50-24(5)38(64)57-32)45(71)53-28(14-15-34(47)61)40(66)55-31(19-35(48)62)41(67)52-25(6)46(72)59-16-8-9-33(59)44(70)56-29(17-22(2)3)39(65)51-21-36(49)63/h10-13,22-25,28-33,37,50,60H,7-9,14-21H2,1-6H3,(H2,47,61)(H2,48,62)(H2,49,63)(H,51,65)(H,52,67)(H,53,71)(H,54,69)(H,55,66)(H,56,70)(H,57,64)(H,58,68)/t23-,24-,25-,28-,29-,30-,31-,32+,33-,37-/m0/s1. The quantitative estimate of drug-likeness (QED) is 0.0394. The minimum Gasteiger partial charge on any atom is -0.508 e. The van der Waals surface area contributed by atoms with Crippen LogP contribution in [0.5, 0.6) is 5.75 Å². The molecule has 0 saturated carbocycles. The number of rotatable bonds is 27. The molecule has 2 aliphatic rings. The summed E-state index contributed by atoms with van der Waals surface area (Å²) in [4.78, 5) is 158. The first kappa shape index (κ1) is 58.9. The molecular formula is C46H71N13O13. The van der Waals surface area contributed by atoms with Crippen molar-refractivity contribution < 1.29 is 62.6 Å². The molecule has 2 fully saturated rings. The highest BCUT2D eigenvalue weighted by Crippen LogP contribution is 2.20. The Morgan fingerprint density at radius 2 is 1.35 bits per heavy atom. The molecule has 398 valence electrons. The molecule has 0 aromatic heterocycles. The van der Waals surface area contributed by atoms with Crippen molar-refractivity contribution >= 4 is 70.9 Å². The number of piperazine rings is 1. The van der Waals surface area contributed by atoms with E-state index < -0.39 is 157 Å². The number of nitrogens with zero attached hydrogens (tertiary/aromatic N) is 1. The van der Waals surface area contributed by atoms with Crippen LogP contribution in [0.3, 0.4) is 0 Å². The Bertz CT molecular complexity index is 2170.